The number of hydrogen-bond donors (Lipinski definition) is 2. The zero-order valence-corrected chi connectivity index (χ0v) is 14.9. The van der Waals surface area contributed by atoms with Crippen molar-refractivity contribution in [2.75, 3.05) is 27.2 Å². The molecular formula is C18H25N3O4. The maximum atomic E-state index is 12.5. The second kappa shape index (κ2) is 8.50. The molecular weight excluding hydrogens is 322 g/mol. The number of rotatable bonds is 7. The normalized spacial score (nSPS) is 18.0. The van der Waals surface area contributed by atoms with Gasteiger partial charge in [0.05, 0.1) is 12.0 Å². The van der Waals surface area contributed by atoms with Crippen molar-refractivity contribution in [3.63, 3.8) is 0 Å². The molecule has 0 aliphatic carbocycles. The van der Waals surface area contributed by atoms with E-state index >= 15 is 0 Å². The molecule has 0 radical (unpaired) electrons. The van der Waals surface area contributed by atoms with Crippen molar-refractivity contribution in [2.45, 2.75) is 25.8 Å². The number of carbonyl (C=O) groups is 3. The van der Waals surface area contributed by atoms with E-state index in [4.69, 9.17) is 4.74 Å². The molecule has 25 heavy (non-hydrogen) atoms. The first-order valence-electron chi connectivity index (χ1n) is 8.42. The number of amides is 3. The average molecular weight is 347 g/mol. The number of nitrogens with zero attached hydrogens (tertiary/aromatic N) is 1. The van der Waals surface area contributed by atoms with Crippen molar-refractivity contribution in [1.29, 1.82) is 0 Å². The summed E-state index contributed by atoms with van der Waals surface area (Å²) < 4.78 is 5.59. The molecule has 0 aromatic heterocycles. The van der Waals surface area contributed by atoms with Crippen LogP contribution >= 0.6 is 0 Å². The van der Waals surface area contributed by atoms with E-state index < -0.39 is 0 Å². The van der Waals surface area contributed by atoms with Gasteiger partial charge in [-0.25, -0.2) is 0 Å². The molecule has 0 bridgehead atoms. The molecule has 1 aromatic carbocycles. The average Bonchev–Trinajstić information content (AvgIpc) is 2.96. The van der Waals surface area contributed by atoms with E-state index in [0.29, 0.717) is 18.7 Å². The lowest BCUT2D eigenvalue weighted by Crippen LogP contribution is -2.35. The van der Waals surface area contributed by atoms with Gasteiger partial charge in [0, 0.05) is 32.6 Å². The molecule has 7 nitrogen and oxygen atoms in total. The van der Waals surface area contributed by atoms with Crippen molar-refractivity contribution in [2.24, 2.45) is 5.92 Å². The van der Waals surface area contributed by atoms with Gasteiger partial charge in [0.2, 0.25) is 11.8 Å². The SMILES string of the molecule is CC[C@@H](NC(=O)[C@H]1CC(=O)N(C)C1)c1ccccc1OCC(=O)NC. The summed E-state index contributed by atoms with van der Waals surface area (Å²) in [5, 5.41) is 5.51. The second-order valence-corrected chi connectivity index (χ2v) is 6.14. The van der Waals surface area contributed by atoms with Crippen LogP contribution in [0.1, 0.15) is 31.4 Å². The van der Waals surface area contributed by atoms with Crippen molar-refractivity contribution < 1.29 is 19.1 Å². The number of para-hydroxylation sites is 1. The highest BCUT2D eigenvalue weighted by atomic mass is 16.5. The largest absolute Gasteiger partial charge is 0.483 e. The van der Waals surface area contributed by atoms with Crippen molar-refractivity contribution in [3.05, 3.63) is 29.8 Å². The number of carbonyl (C=O) groups excluding carboxylic acids is 3. The third-order valence-electron chi connectivity index (χ3n) is 4.37. The smallest absolute Gasteiger partial charge is 0.257 e. The molecule has 1 aliphatic rings. The molecule has 3 amide bonds. The highest BCUT2D eigenvalue weighted by molar-refractivity contribution is 5.89. The fourth-order valence-electron chi connectivity index (χ4n) is 2.84. The Morgan fingerprint density at radius 2 is 2.08 bits per heavy atom. The number of likely N-dealkylation sites (tertiary alicyclic amines) is 1. The first kappa shape index (κ1) is 18.8. The van der Waals surface area contributed by atoms with Gasteiger partial charge in [0.15, 0.2) is 6.61 Å². The Labute approximate surface area is 147 Å². The Hall–Kier alpha value is -2.57. The zero-order chi connectivity index (χ0) is 18.4. The zero-order valence-electron chi connectivity index (χ0n) is 14.9. The molecule has 2 N–H and O–H groups in total. The fraction of sp³-hybridized carbons (Fsp3) is 0.500. The Morgan fingerprint density at radius 3 is 2.68 bits per heavy atom. The van der Waals surface area contributed by atoms with Gasteiger partial charge in [-0.05, 0) is 12.5 Å². The second-order valence-electron chi connectivity index (χ2n) is 6.14. The van der Waals surface area contributed by atoms with E-state index in [0.717, 1.165) is 5.56 Å². The van der Waals surface area contributed by atoms with Crippen molar-refractivity contribution in [3.8, 4) is 5.75 Å². The molecule has 0 unspecified atom stereocenters. The highest BCUT2D eigenvalue weighted by Crippen LogP contribution is 2.28. The minimum absolute atomic E-state index is 0.0116. The van der Waals surface area contributed by atoms with Crippen LogP contribution < -0.4 is 15.4 Å². The van der Waals surface area contributed by atoms with Gasteiger partial charge in [-0.3, -0.25) is 14.4 Å². The number of ether oxygens (including phenoxy) is 1. The molecule has 1 saturated heterocycles. The summed E-state index contributed by atoms with van der Waals surface area (Å²) in [6.07, 6.45) is 0.913. The Balaban J connectivity index is 2.08. The maximum Gasteiger partial charge on any atom is 0.257 e. The van der Waals surface area contributed by atoms with E-state index in [9.17, 15) is 14.4 Å². The third-order valence-corrected chi connectivity index (χ3v) is 4.37. The summed E-state index contributed by atoms with van der Waals surface area (Å²) in [6, 6.07) is 7.10. The third kappa shape index (κ3) is 4.71. The van der Waals surface area contributed by atoms with Crippen LogP contribution in [0.3, 0.4) is 0 Å². The van der Waals surface area contributed by atoms with Gasteiger partial charge in [0.1, 0.15) is 5.75 Å². The Morgan fingerprint density at radius 1 is 1.36 bits per heavy atom. The van der Waals surface area contributed by atoms with Crippen LogP contribution in [0, 0.1) is 5.92 Å². The Kier molecular flexibility index (Phi) is 6.38. The van der Waals surface area contributed by atoms with Crippen LogP contribution in [0.4, 0.5) is 0 Å². The van der Waals surface area contributed by atoms with E-state index in [1.54, 1.807) is 25.1 Å². The summed E-state index contributed by atoms with van der Waals surface area (Å²) in [4.78, 5) is 37.1. The quantitative estimate of drug-likeness (QED) is 0.766. The molecule has 1 aliphatic heterocycles. The first-order chi connectivity index (χ1) is 12.0. The van der Waals surface area contributed by atoms with Gasteiger partial charge in [-0.1, -0.05) is 25.1 Å². The van der Waals surface area contributed by atoms with E-state index in [1.807, 2.05) is 25.1 Å². The van der Waals surface area contributed by atoms with Gasteiger partial charge in [-0.2, -0.15) is 0 Å². The van der Waals surface area contributed by atoms with Crippen LogP contribution in [0.5, 0.6) is 5.75 Å². The molecule has 7 heteroatoms. The van der Waals surface area contributed by atoms with E-state index in [1.165, 1.54) is 0 Å². The molecule has 1 heterocycles. The number of hydrogen-bond acceptors (Lipinski definition) is 4. The topological polar surface area (TPSA) is 87.7 Å². The predicted molar refractivity (Wildman–Crippen MR) is 92.9 cm³/mol. The molecule has 2 rings (SSSR count). The van der Waals surface area contributed by atoms with Crippen LogP contribution in [-0.2, 0) is 14.4 Å². The molecule has 2 atom stereocenters. The van der Waals surface area contributed by atoms with Crippen LogP contribution in [0.25, 0.3) is 0 Å². The lowest BCUT2D eigenvalue weighted by atomic mass is 10.0. The minimum atomic E-state index is -0.328. The summed E-state index contributed by atoms with van der Waals surface area (Å²) in [7, 11) is 3.25. The van der Waals surface area contributed by atoms with Crippen LogP contribution in [-0.4, -0.2) is 49.9 Å². The van der Waals surface area contributed by atoms with E-state index in [2.05, 4.69) is 10.6 Å². The predicted octanol–water partition coefficient (Wildman–Crippen LogP) is 0.857. The lowest BCUT2D eigenvalue weighted by Gasteiger charge is -2.22. The summed E-state index contributed by atoms with van der Waals surface area (Å²) >= 11 is 0. The number of benzene rings is 1. The van der Waals surface area contributed by atoms with Crippen molar-refractivity contribution >= 4 is 17.7 Å². The van der Waals surface area contributed by atoms with Crippen LogP contribution in [0.2, 0.25) is 0 Å². The maximum absolute atomic E-state index is 12.5. The van der Waals surface area contributed by atoms with Crippen molar-refractivity contribution in [1.82, 2.24) is 15.5 Å². The van der Waals surface area contributed by atoms with Gasteiger partial charge in [-0.15, -0.1) is 0 Å². The first-order valence-corrected chi connectivity index (χ1v) is 8.42. The molecule has 1 aromatic rings. The summed E-state index contributed by atoms with van der Waals surface area (Å²) in [5.74, 6) is -0.129. The van der Waals surface area contributed by atoms with Gasteiger partial charge in [0.25, 0.3) is 5.91 Å². The lowest BCUT2D eigenvalue weighted by molar-refractivity contribution is -0.128. The van der Waals surface area contributed by atoms with Gasteiger partial charge >= 0.3 is 0 Å². The standard InChI is InChI=1S/C18H25N3O4/c1-4-14(20-18(24)12-9-17(23)21(3)10-12)13-7-5-6-8-15(13)25-11-16(22)19-2/h5-8,12,14H,4,9-11H2,1-3H3,(H,19,22)(H,20,24)/t12-,14+/m0/s1. The fourth-order valence-corrected chi connectivity index (χ4v) is 2.84. The Bertz CT molecular complexity index is 647. The number of likely N-dealkylation sites (N-methyl/N-ethyl adjacent to an activating group) is 1. The summed E-state index contributed by atoms with van der Waals surface area (Å²) in [5.41, 5.74) is 0.819. The van der Waals surface area contributed by atoms with Crippen LogP contribution in [0.15, 0.2) is 24.3 Å². The molecule has 0 spiro atoms. The molecule has 136 valence electrons. The summed E-state index contributed by atoms with van der Waals surface area (Å²) in [6.45, 7) is 2.32. The molecule has 0 saturated carbocycles. The monoisotopic (exact) mass is 347 g/mol. The highest BCUT2D eigenvalue weighted by Gasteiger charge is 2.33. The number of nitrogens with one attached hydrogen (secondary N) is 2. The molecule has 1 fully saturated rings. The minimum Gasteiger partial charge on any atom is -0.483 e. The van der Waals surface area contributed by atoms with Gasteiger partial charge < -0.3 is 20.3 Å². The van der Waals surface area contributed by atoms with E-state index in [-0.39, 0.29) is 42.7 Å².